The van der Waals surface area contributed by atoms with Gasteiger partial charge < -0.3 is 10.6 Å². The van der Waals surface area contributed by atoms with Gasteiger partial charge in [0.05, 0.1) is 10.6 Å². The summed E-state index contributed by atoms with van der Waals surface area (Å²) in [6, 6.07) is 15.8. The molecule has 5 heteroatoms. The molecule has 0 unspecified atom stereocenters. The SMILES string of the molecule is CCN(CCNCc1cccc(NC(=O)c2ccccc2Cl)c1)C1CC1. The lowest BCUT2D eigenvalue weighted by Crippen LogP contribution is -2.33. The number of hydrogen-bond donors (Lipinski definition) is 2. The van der Waals surface area contributed by atoms with Gasteiger partial charge in [-0.3, -0.25) is 9.69 Å². The molecule has 0 bridgehead atoms. The Morgan fingerprint density at radius 1 is 1.19 bits per heavy atom. The first kappa shape index (κ1) is 18.9. The highest BCUT2D eigenvalue weighted by molar-refractivity contribution is 6.34. The summed E-state index contributed by atoms with van der Waals surface area (Å²) in [6.45, 7) is 6.20. The summed E-state index contributed by atoms with van der Waals surface area (Å²) in [7, 11) is 0. The molecule has 0 heterocycles. The van der Waals surface area contributed by atoms with E-state index < -0.39 is 0 Å². The summed E-state index contributed by atoms with van der Waals surface area (Å²) in [5.74, 6) is -0.191. The predicted octanol–water partition coefficient (Wildman–Crippen LogP) is 4.17. The standard InChI is InChI=1S/C21H26ClN3O/c1-2-25(18-10-11-18)13-12-23-15-16-6-5-7-17(14-16)24-21(26)19-8-3-4-9-20(19)22/h3-9,14,18,23H,2,10-13,15H2,1H3,(H,24,26). The highest BCUT2D eigenvalue weighted by Crippen LogP contribution is 2.25. The van der Waals surface area contributed by atoms with E-state index in [-0.39, 0.29) is 5.91 Å². The van der Waals surface area contributed by atoms with E-state index in [9.17, 15) is 4.79 Å². The summed E-state index contributed by atoms with van der Waals surface area (Å²) in [5, 5.41) is 6.87. The van der Waals surface area contributed by atoms with Crippen molar-refractivity contribution in [2.24, 2.45) is 0 Å². The third-order valence-corrected chi connectivity index (χ3v) is 5.01. The maximum absolute atomic E-state index is 12.4. The summed E-state index contributed by atoms with van der Waals surface area (Å²) < 4.78 is 0. The van der Waals surface area contributed by atoms with Gasteiger partial charge in [-0.05, 0) is 49.2 Å². The second kappa shape index (κ2) is 9.17. The number of nitrogens with one attached hydrogen (secondary N) is 2. The number of carbonyl (C=O) groups excluding carboxylic acids is 1. The van der Waals surface area contributed by atoms with Crippen LogP contribution in [-0.4, -0.2) is 36.5 Å². The van der Waals surface area contributed by atoms with Gasteiger partial charge in [-0.15, -0.1) is 0 Å². The Morgan fingerprint density at radius 3 is 2.73 bits per heavy atom. The van der Waals surface area contributed by atoms with Crippen molar-refractivity contribution >= 4 is 23.2 Å². The van der Waals surface area contributed by atoms with Crippen LogP contribution in [0.3, 0.4) is 0 Å². The largest absolute Gasteiger partial charge is 0.322 e. The van der Waals surface area contributed by atoms with Crippen LogP contribution in [-0.2, 0) is 6.54 Å². The fourth-order valence-corrected chi connectivity index (χ4v) is 3.32. The van der Waals surface area contributed by atoms with Gasteiger partial charge in [0, 0.05) is 31.4 Å². The molecular weight excluding hydrogens is 346 g/mol. The van der Waals surface area contributed by atoms with Gasteiger partial charge in [-0.25, -0.2) is 0 Å². The zero-order chi connectivity index (χ0) is 18.4. The maximum Gasteiger partial charge on any atom is 0.257 e. The summed E-state index contributed by atoms with van der Waals surface area (Å²) in [5.41, 5.74) is 2.41. The van der Waals surface area contributed by atoms with E-state index in [0.717, 1.165) is 43.5 Å². The predicted molar refractivity (Wildman–Crippen MR) is 108 cm³/mol. The fourth-order valence-electron chi connectivity index (χ4n) is 3.10. The number of nitrogens with zero attached hydrogens (tertiary/aromatic N) is 1. The highest BCUT2D eigenvalue weighted by Gasteiger charge is 2.26. The molecule has 0 atom stereocenters. The number of amides is 1. The number of halogens is 1. The van der Waals surface area contributed by atoms with Crippen LogP contribution in [0.5, 0.6) is 0 Å². The molecule has 1 saturated carbocycles. The van der Waals surface area contributed by atoms with E-state index in [1.165, 1.54) is 12.8 Å². The molecule has 1 aliphatic rings. The molecule has 1 aliphatic carbocycles. The first-order valence-corrected chi connectivity index (χ1v) is 9.64. The van der Waals surface area contributed by atoms with E-state index in [4.69, 9.17) is 11.6 Å². The van der Waals surface area contributed by atoms with E-state index in [1.807, 2.05) is 30.3 Å². The molecule has 1 amide bonds. The molecule has 2 N–H and O–H groups in total. The zero-order valence-corrected chi connectivity index (χ0v) is 15.9. The molecule has 0 aliphatic heterocycles. The van der Waals surface area contributed by atoms with Crippen LogP contribution >= 0.6 is 11.6 Å². The van der Waals surface area contributed by atoms with Crippen molar-refractivity contribution in [3.8, 4) is 0 Å². The Labute approximate surface area is 160 Å². The molecule has 2 aromatic rings. The van der Waals surface area contributed by atoms with Crippen molar-refractivity contribution in [3.05, 3.63) is 64.7 Å². The van der Waals surface area contributed by atoms with Crippen LogP contribution in [0.15, 0.2) is 48.5 Å². The Hall–Kier alpha value is -1.88. The van der Waals surface area contributed by atoms with Gasteiger partial charge >= 0.3 is 0 Å². The second-order valence-electron chi connectivity index (χ2n) is 6.67. The van der Waals surface area contributed by atoms with Gasteiger partial charge in [0.1, 0.15) is 0 Å². The lowest BCUT2D eigenvalue weighted by atomic mass is 10.1. The van der Waals surface area contributed by atoms with Gasteiger partial charge in [-0.2, -0.15) is 0 Å². The Morgan fingerprint density at radius 2 is 2.00 bits per heavy atom. The van der Waals surface area contributed by atoms with Gasteiger partial charge in [0.15, 0.2) is 0 Å². The Kier molecular flexibility index (Phi) is 6.67. The van der Waals surface area contributed by atoms with Gasteiger partial charge in [0.2, 0.25) is 0 Å². The third kappa shape index (κ3) is 5.31. The van der Waals surface area contributed by atoms with Crippen LogP contribution in [0.1, 0.15) is 35.7 Å². The smallest absolute Gasteiger partial charge is 0.257 e. The quantitative estimate of drug-likeness (QED) is 0.650. The molecule has 138 valence electrons. The van der Waals surface area contributed by atoms with E-state index in [1.54, 1.807) is 12.1 Å². The second-order valence-corrected chi connectivity index (χ2v) is 7.08. The molecule has 1 fully saturated rings. The topological polar surface area (TPSA) is 44.4 Å². The number of anilines is 1. The van der Waals surface area contributed by atoms with Crippen LogP contribution in [0.4, 0.5) is 5.69 Å². The molecular formula is C21H26ClN3O. The summed E-state index contributed by atoms with van der Waals surface area (Å²) >= 11 is 6.09. The average Bonchev–Trinajstić information content (AvgIpc) is 3.47. The lowest BCUT2D eigenvalue weighted by molar-refractivity contribution is 0.102. The van der Waals surface area contributed by atoms with E-state index >= 15 is 0 Å². The minimum absolute atomic E-state index is 0.191. The van der Waals surface area contributed by atoms with E-state index in [0.29, 0.717) is 10.6 Å². The van der Waals surface area contributed by atoms with Crippen molar-refractivity contribution in [1.82, 2.24) is 10.2 Å². The van der Waals surface area contributed by atoms with Crippen LogP contribution in [0, 0.1) is 0 Å². The van der Waals surface area contributed by atoms with Crippen LogP contribution < -0.4 is 10.6 Å². The first-order valence-electron chi connectivity index (χ1n) is 9.27. The Balaban J connectivity index is 1.50. The molecule has 0 radical (unpaired) electrons. The monoisotopic (exact) mass is 371 g/mol. The van der Waals surface area contributed by atoms with Crippen molar-refractivity contribution in [2.75, 3.05) is 25.0 Å². The number of hydrogen-bond acceptors (Lipinski definition) is 3. The van der Waals surface area contributed by atoms with E-state index in [2.05, 4.69) is 28.5 Å². The molecule has 0 aromatic heterocycles. The Bertz CT molecular complexity index is 746. The van der Waals surface area contributed by atoms with Crippen molar-refractivity contribution in [2.45, 2.75) is 32.4 Å². The summed E-state index contributed by atoms with van der Waals surface area (Å²) in [6.07, 6.45) is 2.70. The zero-order valence-electron chi connectivity index (χ0n) is 15.2. The molecule has 3 rings (SSSR count). The summed E-state index contributed by atoms with van der Waals surface area (Å²) in [4.78, 5) is 14.9. The third-order valence-electron chi connectivity index (χ3n) is 4.68. The normalized spacial score (nSPS) is 13.8. The molecule has 4 nitrogen and oxygen atoms in total. The van der Waals surface area contributed by atoms with Crippen molar-refractivity contribution in [1.29, 1.82) is 0 Å². The number of benzene rings is 2. The number of rotatable bonds is 9. The average molecular weight is 372 g/mol. The maximum atomic E-state index is 12.4. The number of carbonyl (C=O) groups is 1. The van der Waals surface area contributed by atoms with Gasteiger partial charge in [0.25, 0.3) is 5.91 Å². The van der Waals surface area contributed by atoms with Crippen molar-refractivity contribution < 1.29 is 4.79 Å². The highest BCUT2D eigenvalue weighted by atomic mass is 35.5. The minimum atomic E-state index is -0.191. The van der Waals surface area contributed by atoms with Crippen LogP contribution in [0.2, 0.25) is 5.02 Å². The van der Waals surface area contributed by atoms with Crippen molar-refractivity contribution in [3.63, 3.8) is 0 Å². The molecule has 26 heavy (non-hydrogen) atoms. The first-order chi connectivity index (χ1) is 12.7. The van der Waals surface area contributed by atoms with Crippen LogP contribution in [0.25, 0.3) is 0 Å². The minimum Gasteiger partial charge on any atom is -0.322 e. The number of likely N-dealkylation sites (N-methyl/N-ethyl adjacent to an activating group) is 1. The molecule has 2 aromatic carbocycles. The molecule has 0 spiro atoms. The fraction of sp³-hybridized carbons (Fsp3) is 0.381. The lowest BCUT2D eigenvalue weighted by Gasteiger charge is -2.19. The molecule has 0 saturated heterocycles. The van der Waals surface area contributed by atoms with Gasteiger partial charge in [-0.1, -0.05) is 42.8 Å².